The fraction of sp³-hybridized carbons (Fsp3) is 0.444. The summed E-state index contributed by atoms with van der Waals surface area (Å²) in [6.07, 6.45) is 0.0689. The molecule has 24 heavy (non-hydrogen) atoms. The van der Waals surface area contributed by atoms with Crippen LogP contribution in [-0.4, -0.2) is 59.3 Å². The van der Waals surface area contributed by atoms with Gasteiger partial charge in [-0.25, -0.2) is 0 Å². The van der Waals surface area contributed by atoms with Crippen LogP contribution < -0.4 is 0 Å². The third-order valence-electron chi connectivity index (χ3n) is 4.78. The van der Waals surface area contributed by atoms with Crippen molar-refractivity contribution in [2.75, 3.05) is 26.2 Å². The van der Waals surface area contributed by atoms with E-state index in [1.807, 2.05) is 11.0 Å². The van der Waals surface area contributed by atoms with Crippen molar-refractivity contribution < 1.29 is 14.1 Å². The van der Waals surface area contributed by atoms with E-state index < -0.39 is 0 Å². The quantitative estimate of drug-likeness (QED) is 0.859. The van der Waals surface area contributed by atoms with Gasteiger partial charge in [-0.15, -0.1) is 0 Å². The maximum Gasteiger partial charge on any atom is 0.276 e. The van der Waals surface area contributed by atoms with Gasteiger partial charge in [-0.1, -0.05) is 35.5 Å². The number of carbonyl (C=O) groups is 1. The van der Waals surface area contributed by atoms with Gasteiger partial charge in [-0.2, -0.15) is 0 Å². The van der Waals surface area contributed by atoms with Crippen molar-refractivity contribution in [3.8, 4) is 0 Å². The van der Waals surface area contributed by atoms with Crippen LogP contribution in [0.4, 0.5) is 0 Å². The number of rotatable bonds is 3. The SMILES string of the molecule is Cc1cc(C(=O)N2C[C@@H]3OCCN(Cc4ccccc4)[C@H]3C2)no1. The number of hydrogen-bond donors (Lipinski definition) is 0. The molecule has 1 amide bonds. The highest BCUT2D eigenvalue weighted by molar-refractivity contribution is 5.92. The number of aryl methyl sites for hydroxylation is 1. The summed E-state index contributed by atoms with van der Waals surface area (Å²) in [6, 6.07) is 12.3. The van der Waals surface area contributed by atoms with Crippen LogP contribution in [0.15, 0.2) is 40.9 Å². The molecule has 2 aromatic rings. The average Bonchev–Trinajstić information content (AvgIpc) is 3.22. The number of ether oxygens (including phenoxy) is 1. The van der Waals surface area contributed by atoms with Crippen molar-refractivity contribution in [1.82, 2.24) is 15.0 Å². The number of amides is 1. The van der Waals surface area contributed by atoms with Crippen LogP contribution in [0.25, 0.3) is 0 Å². The lowest BCUT2D eigenvalue weighted by Gasteiger charge is -2.36. The highest BCUT2D eigenvalue weighted by atomic mass is 16.5. The highest BCUT2D eigenvalue weighted by Gasteiger charge is 2.42. The van der Waals surface area contributed by atoms with Gasteiger partial charge in [-0.05, 0) is 12.5 Å². The van der Waals surface area contributed by atoms with E-state index in [1.165, 1.54) is 5.56 Å². The lowest BCUT2D eigenvalue weighted by Crippen LogP contribution is -2.50. The molecule has 0 N–H and O–H groups in total. The third kappa shape index (κ3) is 2.95. The molecule has 126 valence electrons. The first-order valence-electron chi connectivity index (χ1n) is 8.33. The van der Waals surface area contributed by atoms with Crippen molar-refractivity contribution in [2.24, 2.45) is 0 Å². The summed E-state index contributed by atoms with van der Waals surface area (Å²) in [5.74, 6) is 0.571. The Kier molecular flexibility index (Phi) is 4.08. The first-order valence-corrected chi connectivity index (χ1v) is 8.33. The Morgan fingerprint density at radius 3 is 2.88 bits per heavy atom. The Morgan fingerprint density at radius 2 is 2.12 bits per heavy atom. The van der Waals surface area contributed by atoms with E-state index in [4.69, 9.17) is 9.26 Å². The summed E-state index contributed by atoms with van der Waals surface area (Å²) < 4.78 is 10.9. The summed E-state index contributed by atoms with van der Waals surface area (Å²) in [4.78, 5) is 16.8. The number of aromatic nitrogens is 1. The van der Waals surface area contributed by atoms with Crippen LogP contribution in [0.1, 0.15) is 21.8 Å². The molecule has 4 rings (SSSR count). The number of nitrogens with zero attached hydrogens (tertiary/aromatic N) is 3. The molecule has 3 heterocycles. The lowest BCUT2D eigenvalue weighted by atomic mass is 10.1. The van der Waals surface area contributed by atoms with Crippen molar-refractivity contribution in [2.45, 2.75) is 25.6 Å². The Hall–Kier alpha value is -2.18. The zero-order chi connectivity index (χ0) is 16.5. The van der Waals surface area contributed by atoms with Crippen LogP contribution in [0.3, 0.4) is 0 Å². The van der Waals surface area contributed by atoms with Gasteiger partial charge in [0, 0.05) is 32.2 Å². The average molecular weight is 327 g/mol. The second kappa shape index (κ2) is 6.37. The molecule has 0 radical (unpaired) electrons. The van der Waals surface area contributed by atoms with Crippen molar-refractivity contribution >= 4 is 5.91 Å². The second-order valence-electron chi connectivity index (χ2n) is 6.47. The molecule has 2 fully saturated rings. The topological polar surface area (TPSA) is 58.8 Å². The number of carbonyl (C=O) groups excluding carboxylic acids is 1. The molecule has 0 bridgehead atoms. The Labute approximate surface area is 141 Å². The molecule has 2 saturated heterocycles. The summed E-state index contributed by atoms with van der Waals surface area (Å²) in [7, 11) is 0. The van der Waals surface area contributed by atoms with Gasteiger partial charge in [0.05, 0.1) is 18.8 Å². The summed E-state index contributed by atoms with van der Waals surface area (Å²) in [5, 5.41) is 3.84. The fourth-order valence-corrected chi connectivity index (χ4v) is 3.57. The smallest absolute Gasteiger partial charge is 0.276 e. The molecule has 2 aliphatic heterocycles. The van der Waals surface area contributed by atoms with E-state index in [9.17, 15) is 4.79 Å². The Bertz CT molecular complexity index is 715. The highest BCUT2D eigenvalue weighted by Crippen LogP contribution is 2.25. The van der Waals surface area contributed by atoms with Crippen LogP contribution in [-0.2, 0) is 11.3 Å². The molecular formula is C18H21N3O3. The van der Waals surface area contributed by atoms with Crippen LogP contribution in [0.2, 0.25) is 0 Å². The van der Waals surface area contributed by atoms with E-state index >= 15 is 0 Å². The van der Waals surface area contributed by atoms with E-state index in [0.29, 0.717) is 31.2 Å². The Balaban J connectivity index is 1.47. The standard InChI is InChI=1S/C18H21N3O3/c1-13-9-15(19-24-13)18(22)21-11-16-17(12-21)23-8-7-20(16)10-14-5-3-2-4-6-14/h2-6,9,16-17H,7-8,10-12H2,1H3/t16-,17-/m0/s1. The van der Waals surface area contributed by atoms with Gasteiger partial charge in [-0.3, -0.25) is 9.69 Å². The number of likely N-dealkylation sites (tertiary alicyclic amines) is 1. The molecule has 6 heteroatoms. The number of morpholine rings is 1. The van der Waals surface area contributed by atoms with Crippen molar-refractivity contribution in [3.63, 3.8) is 0 Å². The predicted octanol–water partition coefficient (Wildman–Crippen LogP) is 1.71. The first-order chi connectivity index (χ1) is 11.7. The number of hydrogen-bond acceptors (Lipinski definition) is 5. The van der Waals surface area contributed by atoms with Crippen molar-refractivity contribution in [3.05, 3.63) is 53.4 Å². The summed E-state index contributed by atoms with van der Waals surface area (Å²) in [5.41, 5.74) is 1.66. The normalized spacial score (nSPS) is 24.1. The second-order valence-corrected chi connectivity index (χ2v) is 6.47. The molecule has 0 saturated carbocycles. The molecule has 0 spiro atoms. The van der Waals surface area contributed by atoms with Gasteiger partial charge in [0.1, 0.15) is 5.76 Å². The van der Waals surface area contributed by atoms with Crippen molar-refractivity contribution in [1.29, 1.82) is 0 Å². The van der Waals surface area contributed by atoms with Gasteiger partial charge in [0.2, 0.25) is 0 Å². The number of benzene rings is 1. The zero-order valence-electron chi connectivity index (χ0n) is 13.7. The maximum absolute atomic E-state index is 12.6. The third-order valence-corrected chi connectivity index (χ3v) is 4.78. The van der Waals surface area contributed by atoms with Crippen LogP contribution >= 0.6 is 0 Å². The van der Waals surface area contributed by atoms with E-state index in [1.54, 1.807) is 13.0 Å². The maximum atomic E-state index is 12.6. The minimum absolute atomic E-state index is 0.0689. The fourth-order valence-electron chi connectivity index (χ4n) is 3.57. The van der Waals surface area contributed by atoms with Crippen LogP contribution in [0.5, 0.6) is 0 Å². The molecule has 1 aromatic heterocycles. The largest absolute Gasteiger partial charge is 0.373 e. The molecule has 0 aliphatic carbocycles. The predicted molar refractivity (Wildman–Crippen MR) is 87.5 cm³/mol. The molecular weight excluding hydrogens is 306 g/mol. The van der Waals surface area contributed by atoms with Gasteiger partial charge < -0.3 is 14.2 Å². The summed E-state index contributed by atoms with van der Waals surface area (Å²) in [6.45, 7) is 5.55. The van der Waals surface area contributed by atoms with E-state index in [-0.39, 0.29) is 18.1 Å². The van der Waals surface area contributed by atoms with E-state index in [2.05, 4.69) is 34.3 Å². The minimum atomic E-state index is -0.0792. The first kappa shape index (κ1) is 15.4. The van der Waals surface area contributed by atoms with E-state index in [0.717, 1.165) is 13.1 Å². The molecule has 1 aromatic carbocycles. The monoisotopic (exact) mass is 327 g/mol. The van der Waals surface area contributed by atoms with Crippen LogP contribution in [0, 0.1) is 6.92 Å². The Morgan fingerprint density at radius 1 is 1.29 bits per heavy atom. The lowest BCUT2D eigenvalue weighted by molar-refractivity contribution is -0.0503. The molecule has 2 aliphatic rings. The number of fused-ring (bicyclic) bond motifs is 1. The van der Waals surface area contributed by atoms with Gasteiger partial charge in [0.15, 0.2) is 5.69 Å². The molecule has 0 unspecified atom stereocenters. The molecule has 6 nitrogen and oxygen atoms in total. The minimum Gasteiger partial charge on any atom is -0.373 e. The van der Waals surface area contributed by atoms with Gasteiger partial charge >= 0.3 is 0 Å². The molecule has 2 atom stereocenters. The zero-order valence-corrected chi connectivity index (χ0v) is 13.7. The summed E-state index contributed by atoms with van der Waals surface area (Å²) >= 11 is 0. The van der Waals surface area contributed by atoms with Gasteiger partial charge in [0.25, 0.3) is 5.91 Å².